The predicted molar refractivity (Wildman–Crippen MR) is 124 cm³/mol. The standard InChI is InChI=1S/C25H20N4O5/c30-24(17-9-6-10-18(13-17)29(33)34)28-27-23(16-7-2-1-3-8-16)14-20(25(31)32)21-15-26-22-12-5-4-11-19(21)22/h1-13,15,20,26H,14H2,(H,28,30)(H,31,32)/p-1/b27-23+/t20-/m0/s1. The Morgan fingerprint density at radius 3 is 2.41 bits per heavy atom. The Labute approximate surface area is 193 Å². The molecule has 0 saturated carbocycles. The first-order valence-electron chi connectivity index (χ1n) is 10.4. The molecule has 170 valence electrons. The number of nitrogens with one attached hydrogen (secondary N) is 2. The van der Waals surface area contributed by atoms with Gasteiger partial charge in [0, 0.05) is 53.1 Å². The monoisotopic (exact) mass is 455 g/mol. The molecule has 0 spiro atoms. The molecule has 34 heavy (non-hydrogen) atoms. The predicted octanol–water partition coefficient (Wildman–Crippen LogP) is 3.13. The highest BCUT2D eigenvalue weighted by Crippen LogP contribution is 2.29. The fourth-order valence-electron chi connectivity index (χ4n) is 3.70. The summed E-state index contributed by atoms with van der Waals surface area (Å²) in [6.45, 7) is 0. The Kier molecular flexibility index (Phi) is 6.45. The van der Waals surface area contributed by atoms with E-state index in [1.165, 1.54) is 18.2 Å². The van der Waals surface area contributed by atoms with Gasteiger partial charge in [0.15, 0.2) is 0 Å². The fraction of sp³-hybridized carbons (Fsp3) is 0.0800. The number of para-hydroxylation sites is 1. The average Bonchev–Trinajstić information content (AvgIpc) is 3.28. The molecule has 0 fully saturated rings. The first-order valence-corrected chi connectivity index (χ1v) is 10.4. The summed E-state index contributed by atoms with van der Waals surface area (Å²) in [5.41, 5.74) is 4.50. The number of H-pyrrole nitrogens is 1. The van der Waals surface area contributed by atoms with Crippen molar-refractivity contribution < 1.29 is 19.6 Å². The molecule has 1 atom stereocenters. The number of carboxylic acids is 1. The molecule has 0 aliphatic heterocycles. The minimum atomic E-state index is -1.28. The molecule has 3 aromatic carbocycles. The highest BCUT2D eigenvalue weighted by molar-refractivity contribution is 6.05. The number of hydrazone groups is 1. The van der Waals surface area contributed by atoms with Gasteiger partial charge < -0.3 is 14.9 Å². The Morgan fingerprint density at radius 2 is 1.68 bits per heavy atom. The maximum atomic E-state index is 12.6. The summed E-state index contributed by atoms with van der Waals surface area (Å²) in [5, 5.41) is 28.1. The van der Waals surface area contributed by atoms with E-state index < -0.39 is 22.7 Å². The van der Waals surface area contributed by atoms with Gasteiger partial charge in [-0.25, -0.2) is 5.43 Å². The molecule has 0 aliphatic rings. The van der Waals surface area contributed by atoms with Crippen LogP contribution >= 0.6 is 0 Å². The van der Waals surface area contributed by atoms with Crippen LogP contribution < -0.4 is 10.5 Å². The van der Waals surface area contributed by atoms with Crippen molar-refractivity contribution in [3.8, 4) is 0 Å². The number of amides is 1. The molecular weight excluding hydrogens is 436 g/mol. The summed E-state index contributed by atoms with van der Waals surface area (Å²) in [6.07, 6.45) is 1.58. The van der Waals surface area contributed by atoms with Gasteiger partial charge >= 0.3 is 0 Å². The molecule has 0 bridgehead atoms. The topological polar surface area (TPSA) is 141 Å². The molecule has 4 rings (SSSR count). The number of carbonyl (C=O) groups is 2. The van der Waals surface area contributed by atoms with Crippen molar-refractivity contribution in [2.45, 2.75) is 12.3 Å². The zero-order chi connectivity index (χ0) is 24.1. The van der Waals surface area contributed by atoms with Gasteiger partial charge in [-0.1, -0.05) is 54.6 Å². The smallest absolute Gasteiger partial charge is 0.271 e. The van der Waals surface area contributed by atoms with Crippen molar-refractivity contribution in [1.29, 1.82) is 0 Å². The number of hydrogen-bond acceptors (Lipinski definition) is 6. The maximum Gasteiger partial charge on any atom is 0.271 e. The summed E-state index contributed by atoms with van der Waals surface area (Å²) in [5.74, 6) is -2.97. The van der Waals surface area contributed by atoms with Crippen LogP contribution in [0.4, 0.5) is 5.69 Å². The lowest BCUT2D eigenvalue weighted by Gasteiger charge is -2.19. The van der Waals surface area contributed by atoms with Crippen molar-refractivity contribution >= 4 is 34.2 Å². The number of carboxylic acid groups (broad SMARTS) is 1. The van der Waals surface area contributed by atoms with E-state index in [1.807, 2.05) is 24.3 Å². The van der Waals surface area contributed by atoms with Crippen LogP contribution in [0.2, 0.25) is 0 Å². The van der Waals surface area contributed by atoms with Crippen LogP contribution in [0.3, 0.4) is 0 Å². The fourth-order valence-corrected chi connectivity index (χ4v) is 3.70. The van der Waals surface area contributed by atoms with Crippen LogP contribution in [0.1, 0.15) is 33.8 Å². The number of nitro groups is 1. The SMILES string of the molecule is O=C(N/N=C(\C[C@H](C(=O)[O-])c1c[nH]c2ccccc12)c1ccccc1)c1cccc([N+](=O)[O-])c1. The van der Waals surface area contributed by atoms with Crippen molar-refractivity contribution in [2.75, 3.05) is 0 Å². The second-order valence-corrected chi connectivity index (χ2v) is 7.54. The number of carbonyl (C=O) groups excluding carboxylic acids is 2. The van der Waals surface area contributed by atoms with E-state index in [-0.39, 0.29) is 17.7 Å². The number of non-ortho nitro benzene ring substituents is 1. The maximum absolute atomic E-state index is 12.6. The number of nitro benzene ring substituents is 1. The van der Waals surface area contributed by atoms with Crippen molar-refractivity contribution in [1.82, 2.24) is 10.4 Å². The zero-order valence-electron chi connectivity index (χ0n) is 17.8. The quantitative estimate of drug-likeness (QED) is 0.239. The van der Waals surface area contributed by atoms with E-state index in [2.05, 4.69) is 15.5 Å². The van der Waals surface area contributed by atoms with E-state index in [0.717, 1.165) is 17.0 Å². The summed E-state index contributed by atoms with van der Waals surface area (Å²) >= 11 is 0. The third-order valence-corrected chi connectivity index (χ3v) is 5.40. The molecule has 9 heteroatoms. The second-order valence-electron chi connectivity index (χ2n) is 7.54. The number of aromatic nitrogens is 1. The first kappa shape index (κ1) is 22.4. The molecule has 2 N–H and O–H groups in total. The Morgan fingerprint density at radius 1 is 0.971 bits per heavy atom. The molecule has 0 aliphatic carbocycles. The van der Waals surface area contributed by atoms with Gasteiger partial charge in [-0.05, 0) is 23.3 Å². The minimum Gasteiger partial charge on any atom is -0.549 e. The Balaban J connectivity index is 1.66. The largest absolute Gasteiger partial charge is 0.549 e. The van der Waals surface area contributed by atoms with Gasteiger partial charge in [-0.2, -0.15) is 5.10 Å². The van der Waals surface area contributed by atoms with E-state index in [4.69, 9.17) is 0 Å². The molecule has 0 unspecified atom stereocenters. The van der Waals surface area contributed by atoms with E-state index in [0.29, 0.717) is 16.8 Å². The van der Waals surface area contributed by atoms with Gasteiger partial charge in [-0.3, -0.25) is 14.9 Å². The molecular formula is C25H19N4O5-. The number of aliphatic carboxylic acids is 1. The van der Waals surface area contributed by atoms with Crippen LogP contribution in [0.15, 0.2) is 90.2 Å². The molecule has 0 saturated heterocycles. The van der Waals surface area contributed by atoms with E-state index in [1.54, 1.807) is 36.5 Å². The molecule has 1 aromatic heterocycles. The van der Waals surface area contributed by atoms with Gasteiger partial charge in [0.05, 0.1) is 10.6 Å². The highest BCUT2D eigenvalue weighted by Gasteiger charge is 2.21. The lowest BCUT2D eigenvalue weighted by Crippen LogP contribution is -2.32. The number of benzene rings is 3. The van der Waals surface area contributed by atoms with Crippen LogP contribution in [0.25, 0.3) is 10.9 Å². The number of aromatic amines is 1. The normalized spacial score (nSPS) is 12.3. The molecule has 1 amide bonds. The Hall–Kier alpha value is -4.79. The lowest BCUT2D eigenvalue weighted by atomic mass is 9.91. The number of rotatable bonds is 8. The first-order chi connectivity index (χ1) is 16.4. The van der Waals surface area contributed by atoms with Gasteiger partial charge in [0.2, 0.25) is 0 Å². The van der Waals surface area contributed by atoms with Gasteiger partial charge in [0.25, 0.3) is 11.6 Å². The third-order valence-electron chi connectivity index (χ3n) is 5.40. The molecule has 4 aromatic rings. The number of nitrogens with zero attached hydrogens (tertiary/aromatic N) is 2. The average molecular weight is 455 g/mol. The minimum absolute atomic E-state index is 0.0522. The lowest BCUT2D eigenvalue weighted by molar-refractivity contribution is -0.384. The van der Waals surface area contributed by atoms with E-state index >= 15 is 0 Å². The van der Waals surface area contributed by atoms with Crippen LogP contribution in [-0.2, 0) is 4.79 Å². The van der Waals surface area contributed by atoms with Crippen molar-refractivity contribution in [3.63, 3.8) is 0 Å². The van der Waals surface area contributed by atoms with Gasteiger partial charge in [0.1, 0.15) is 0 Å². The van der Waals surface area contributed by atoms with Crippen LogP contribution in [0.5, 0.6) is 0 Å². The van der Waals surface area contributed by atoms with Gasteiger partial charge in [-0.15, -0.1) is 0 Å². The van der Waals surface area contributed by atoms with Crippen molar-refractivity contribution in [3.05, 3.63) is 112 Å². The summed E-state index contributed by atoms with van der Waals surface area (Å²) in [4.78, 5) is 38.2. The van der Waals surface area contributed by atoms with Crippen LogP contribution in [0, 0.1) is 10.1 Å². The Bertz CT molecular complexity index is 1390. The van der Waals surface area contributed by atoms with Crippen LogP contribution in [-0.4, -0.2) is 27.5 Å². The summed E-state index contributed by atoms with van der Waals surface area (Å²) in [7, 11) is 0. The van der Waals surface area contributed by atoms with Crippen molar-refractivity contribution in [2.24, 2.45) is 5.10 Å². The van der Waals surface area contributed by atoms with E-state index in [9.17, 15) is 24.8 Å². The summed E-state index contributed by atoms with van der Waals surface area (Å²) in [6, 6.07) is 21.4. The molecule has 9 nitrogen and oxygen atoms in total. The number of fused-ring (bicyclic) bond motifs is 1. The number of hydrogen-bond donors (Lipinski definition) is 2. The molecule has 1 heterocycles. The summed E-state index contributed by atoms with van der Waals surface area (Å²) < 4.78 is 0. The third kappa shape index (κ3) is 4.83. The highest BCUT2D eigenvalue weighted by atomic mass is 16.6. The second kappa shape index (κ2) is 9.78. The molecule has 0 radical (unpaired) electrons. The zero-order valence-corrected chi connectivity index (χ0v) is 17.8.